The number of benzene rings is 1. The van der Waals surface area contributed by atoms with Crippen LogP contribution in [0.25, 0.3) is 11.1 Å². The summed E-state index contributed by atoms with van der Waals surface area (Å²) < 4.78 is 5.94. The zero-order chi connectivity index (χ0) is 8.72. The molecule has 2 aromatic rings. The highest BCUT2D eigenvalue weighted by Gasteiger charge is 2.06. The molecule has 0 fully saturated rings. The van der Waals surface area contributed by atoms with Crippen LogP contribution >= 0.6 is 15.9 Å². The van der Waals surface area contributed by atoms with Crippen molar-refractivity contribution in [3.8, 4) is 0 Å². The van der Waals surface area contributed by atoms with Crippen molar-refractivity contribution in [1.29, 1.82) is 0 Å². The molecule has 4 nitrogen and oxygen atoms in total. The Hall–Kier alpha value is -1.23. The summed E-state index contributed by atoms with van der Waals surface area (Å²) in [6, 6.07) is 3.67. The fourth-order valence-electron chi connectivity index (χ4n) is 1.04. The number of fused-ring (bicyclic) bond motifs is 1. The lowest BCUT2D eigenvalue weighted by Gasteiger charge is -1.93. The van der Waals surface area contributed by atoms with Gasteiger partial charge in [-0.3, -0.25) is 0 Å². The first-order chi connectivity index (χ1) is 5.66. The number of nitrogen functional groups attached to an aromatic ring is 2. The van der Waals surface area contributed by atoms with Crippen LogP contribution in [0.2, 0.25) is 0 Å². The van der Waals surface area contributed by atoms with E-state index >= 15 is 0 Å². The van der Waals surface area contributed by atoms with E-state index in [2.05, 4.69) is 20.9 Å². The van der Waals surface area contributed by atoms with Gasteiger partial charge in [0.15, 0.2) is 5.58 Å². The fourth-order valence-corrected chi connectivity index (χ4v) is 1.50. The molecule has 4 N–H and O–H groups in total. The Kier molecular flexibility index (Phi) is 1.47. The smallest absolute Gasteiger partial charge is 0.293 e. The predicted molar refractivity (Wildman–Crippen MR) is 50.5 cm³/mol. The lowest BCUT2D eigenvalue weighted by Crippen LogP contribution is -1.84. The summed E-state index contributed by atoms with van der Waals surface area (Å²) in [5, 5.41) is 0. The minimum absolute atomic E-state index is 0.134. The van der Waals surface area contributed by atoms with Crippen LogP contribution in [0.3, 0.4) is 0 Å². The zero-order valence-corrected chi connectivity index (χ0v) is 7.63. The van der Waals surface area contributed by atoms with Gasteiger partial charge in [0.2, 0.25) is 0 Å². The molecule has 0 atom stereocenters. The van der Waals surface area contributed by atoms with Crippen LogP contribution in [0.5, 0.6) is 0 Å². The average molecular weight is 228 g/mol. The Morgan fingerprint density at radius 1 is 1.33 bits per heavy atom. The van der Waals surface area contributed by atoms with Gasteiger partial charge in [0, 0.05) is 4.47 Å². The van der Waals surface area contributed by atoms with Crippen LogP contribution < -0.4 is 11.5 Å². The average Bonchev–Trinajstić information content (AvgIpc) is 2.29. The highest BCUT2D eigenvalue weighted by atomic mass is 79.9. The van der Waals surface area contributed by atoms with Crippen molar-refractivity contribution >= 4 is 38.7 Å². The SMILES string of the molecule is Nc1nc2cc(Br)cc(N)c2o1. The van der Waals surface area contributed by atoms with Crippen LogP contribution in [0.15, 0.2) is 21.0 Å². The van der Waals surface area contributed by atoms with Gasteiger partial charge in [-0.15, -0.1) is 0 Å². The van der Waals surface area contributed by atoms with E-state index in [-0.39, 0.29) is 6.01 Å². The molecule has 2 rings (SSSR count). The number of nitrogens with zero attached hydrogens (tertiary/aromatic N) is 1. The number of halogens is 1. The first-order valence-electron chi connectivity index (χ1n) is 3.28. The first-order valence-corrected chi connectivity index (χ1v) is 4.07. The Labute approximate surface area is 76.7 Å². The summed E-state index contributed by atoms with van der Waals surface area (Å²) in [6.07, 6.45) is 0. The summed E-state index contributed by atoms with van der Waals surface area (Å²) in [4.78, 5) is 3.94. The lowest BCUT2D eigenvalue weighted by atomic mass is 10.3. The summed E-state index contributed by atoms with van der Waals surface area (Å²) in [6.45, 7) is 0. The van der Waals surface area contributed by atoms with E-state index in [1.165, 1.54) is 0 Å². The maximum absolute atomic E-state index is 5.65. The minimum atomic E-state index is 0.134. The van der Waals surface area contributed by atoms with E-state index in [1.54, 1.807) is 12.1 Å². The van der Waals surface area contributed by atoms with Crippen LogP contribution in [0, 0.1) is 0 Å². The molecular formula is C7H6BrN3O. The molecule has 1 heterocycles. The molecule has 5 heteroatoms. The fraction of sp³-hybridized carbons (Fsp3) is 0. The zero-order valence-electron chi connectivity index (χ0n) is 6.04. The molecule has 0 radical (unpaired) electrons. The monoisotopic (exact) mass is 227 g/mol. The lowest BCUT2D eigenvalue weighted by molar-refractivity contribution is 0.627. The molecular weight excluding hydrogens is 222 g/mol. The Morgan fingerprint density at radius 2 is 2.08 bits per heavy atom. The molecule has 0 aliphatic rings. The van der Waals surface area contributed by atoms with Gasteiger partial charge in [0.25, 0.3) is 6.01 Å². The van der Waals surface area contributed by atoms with Crippen molar-refractivity contribution in [2.24, 2.45) is 0 Å². The molecule has 1 aromatic heterocycles. The van der Waals surface area contributed by atoms with E-state index in [1.807, 2.05) is 0 Å². The van der Waals surface area contributed by atoms with E-state index in [9.17, 15) is 0 Å². The highest BCUT2D eigenvalue weighted by Crippen LogP contribution is 2.27. The number of aromatic nitrogens is 1. The van der Waals surface area contributed by atoms with E-state index in [0.717, 1.165) is 4.47 Å². The van der Waals surface area contributed by atoms with Gasteiger partial charge < -0.3 is 15.9 Å². The molecule has 0 aliphatic heterocycles. The summed E-state index contributed by atoms with van der Waals surface area (Å²) in [5.74, 6) is 0. The van der Waals surface area contributed by atoms with Crippen molar-refractivity contribution < 1.29 is 4.42 Å². The van der Waals surface area contributed by atoms with Crippen molar-refractivity contribution in [2.75, 3.05) is 11.5 Å². The second-order valence-corrected chi connectivity index (χ2v) is 3.31. The number of oxazole rings is 1. The van der Waals surface area contributed by atoms with Crippen molar-refractivity contribution in [3.63, 3.8) is 0 Å². The Morgan fingerprint density at radius 3 is 2.83 bits per heavy atom. The van der Waals surface area contributed by atoms with Crippen LogP contribution in [0.1, 0.15) is 0 Å². The predicted octanol–water partition coefficient (Wildman–Crippen LogP) is 1.75. The highest BCUT2D eigenvalue weighted by molar-refractivity contribution is 9.10. The van der Waals surface area contributed by atoms with Gasteiger partial charge in [-0.05, 0) is 12.1 Å². The molecule has 0 aliphatic carbocycles. The summed E-state index contributed by atoms with van der Waals surface area (Å²) >= 11 is 3.29. The van der Waals surface area contributed by atoms with Gasteiger partial charge in [0.1, 0.15) is 5.52 Å². The molecule has 1 aromatic carbocycles. The Bertz CT molecular complexity index is 437. The van der Waals surface area contributed by atoms with E-state index in [4.69, 9.17) is 15.9 Å². The van der Waals surface area contributed by atoms with Crippen molar-refractivity contribution in [2.45, 2.75) is 0 Å². The summed E-state index contributed by atoms with van der Waals surface area (Å²) in [7, 11) is 0. The molecule has 0 saturated carbocycles. The topological polar surface area (TPSA) is 78.1 Å². The number of hydrogen-bond acceptors (Lipinski definition) is 4. The molecule has 0 saturated heterocycles. The number of nitrogens with two attached hydrogens (primary N) is 2. The van der Waals surface area contributed by atoms with Crippen LogP contribution in [0.4, 0.5) is 11.7 Å². The van der Waals surface area contributed by atoms with E-state index < -0.39 is 0 Å². The van der Waals surface area contributed by atoms with Crippen molar-refractivity contribution in [1.82, 2.24) is 4.98 Å². The Balaban J connectivity index is 2.88. The first kappa shape index (κ1) is 7.42. The van der Waals surface area contributed by atoms with Crippen LogP contribution in [-0.4, -0.2) is 4.98 Å². The van der Waals surface area contributed by atoms with Gasteiger partial charge in [-0.1, -0.05) is 15.9 Å². The van der Waals surface area contributed by atoms with Gasteiger partial charge in [0.05, 0.1) is 5.69 Å². The third-order valence-corrected chi connectivity index (χ3v) is 1.96. The van der Waals surface area contributed by atoms with Gasteiger partial charge in [-0.25, -0.2) is 0 Å². The molecule has 62 valence electrons. The molecule has 0 unspecified atom stereocenters. The second kappa shape index (κ2) is 2.38. The molecule has 12 heavy (non-hydrogen) atoms. The van der Waals surface area contributed by atoms with Gasteiger partial charge in [-0.2, -0.15) is 4.98 Å². The maximum Gasteiger partial charge on any atom is 0.293 e. The number of rotatable bonds is 0. The summed E-state index contributed by atoms with van der Waals surface area (Å²) in [5.41, 5.74) is 12.7. The molecule has 0 amide bonds. The maximum atomic E-state index is 5.65. The standard InChI is InChI=1S/C7H6BrN3O/c8-3-1-4(9)6-5(2-3)11-7(10)12-6/h1-2H,9H2,(H2,10,11). The van der Waals surface area contributed by atoms with Crippen molar-refractivity contribution in [3.05, 3.63) is 16.6 Å². The second-order valence-electron chi connectivity index (χ2n) is 2.40. The minimum Gasteiger partial charge on any atom is -0.421 e. The third-order valence-electron chi connectivity index (χ3n) is 1.50. The normalized spacial score (nSPS) is 10.8. The number of hydrogen-bond donors (Lipinski definition) is 2. The molecule has 0 bridgehead atoms. The quantitative estimate of drug-likeness (QED) is 0.673. The van der Waals surface area contributed by atoms with Gasteiger partial charge >= 0.3 is 0 Å². The largest absolute Gasteiger partial charge is 0.421 e. The number of anilines is 2. The van der Waals surface area contributed by atoms with E-state index in [0.29, 0.717) is 16.8 Å². The third kappa shape index (κ3) is 1.02. The molecule has 0 spiro atoms. The van der Waals surface area contributed by atoms with Crippen LogP contribution in [-0.2, 0) is 0 Å².